The van der Waals surface area contributed by atoms with E-state index in [2.05, 4.69) is 25.5 Å². The number of amides is 2. The van der Waals surface area contributed by atoms with Gasteiger partial charge in [0.15, 0.2) is 0 Å². The quantitative estimate of drug-likeness (QED) is 0.248. The van der Waals surface area contributed by atoms with Gasteiger partial charge in [-0.25, -0.2) is 32.5 Å². The van der Waals surface area contributed by atoms with E-state index in [4.69, 9.17) is 4.74 Å². The zero-order chi connectivity index (χ0) is 29.0. The molecular weight excluding hydrogens is 566 g/mol. The normalized spacial score (nSPS) is 14.2. The number of carbonyl (C=O) groups excluding carboxylic acids is 1. The third-order valence-electron chi connectivity index (χ3n) is 6.56. The Morgan fingerprint density at radius 2 is 1.85 bits per heavy atom. The molecule has 1 aromatic carbocycles. The number of thiophene rings is 1. The van der Waals surface area contributed by atoms with Gasteiger partial charge in [-0.15, -0.1) is 11.3 Å². The highest BCUT2D eigenvalue weighted by atomic mass is 32.2. The Morgan fingerprint density at radius 1 is 1.07 bits per heavy atom. The third kappa shape index (κ3) is 6.90. The van der Waals surface area contributed by atoms with Crippen LogP contribution in [0.25, 0.3) is 16.7 Å². The van der Waals surface area contributed by atoms with E-state index in [1.807, 2.05) is 16.9 Å². The number of rotatable bonds is 9. The van der Waals surface area contributed by atoms with Crippen molar-refractivity contribution in [3.05, 3.63) is 69.7 Å². The Kier molecular flexibility index (Phi) is 8.63. The second-order valence-electron chi connectivity index (χ2n) is 9.60. The number of aryl methyl sites for hydroxylation is 2. The summed E-state index contributed by atoms with van der Waals surface area (Å²) in [7, 11) is -3.98. The molecule has 4 heterocycles. The number of benzene rings is 1. The smallest absolute Gasteiger partial charge is 0.333 e. The van der Waals surface area contributed by atoms with Crippen LogP contribution in [-0.4, -0.2) is 73.3 Å². The van der Waals surface area contributed by atoms with Crippen molar-refractivity contribution >= 4 is 49.7 Å². The lowest BCUT2D eigenvalue weighted by Gasteiger charge is -2.26. The summed E-state index contributed by atoms with van der Waals surface area (Å²) in [5, 5.41) is 6.32. The third-order valence-corrected chi connectivity index (χ3v) is 9.39. The van der Waals surface area contributed by atoms with Gasteiger partial charge < -0.3 is 15.4 Å². The molecule has 0 bridgehead atoms. The number of hydrogen-bond acceptors (Lipinski definition) is 10. The van der Waals surface area contributed by atoms with Crippen molar-refractivity contribution in [1.82, 2.24) is 24.2 Å². The van der Waals surface area contributed by atoms with Crippen LogP contribution in [-0.2, 0) is 14.8 Å². The zero-order valence-corrected chi connectivity index (χ0v) is 24.3. The van der Waals surface area contributed by atoms with Crippen LogP contribution in [0.2, 0.25) is 0 Å². The van der Waals surface area contributed by atoms with Gasteiger partial charge in [0.2, 0.25) is 0 Å². The van der Waals surface area contributed by atoms with Gasteiger partial charge in [-0.05, 0) is 69.3 Å². The standard InChI is InChI=1S/C27H31N7O5S2/c1-18-4-9-25(40-18)41(37,38)32-27(36)31-21-6-8-24(29-17-21)34-19(2)30-23-16-20(5-7-22(23)26(34)35)28-10-3-11-33-12-14-39-15-13-33/h4-9,16-17,28H,3,10-15H2,1-2H3,(H2,31,32,36). The Balaban J connectivity index is 1.24. The van der Waals surface area contributed by atoms with Crippen LogP contribution in [0.4, 0.5) is 16.2 Å². The minimum absolute atomic E-state index is 0.0453. The highest BCUT2D eigenvalue weighted by Gasteiger charge is 2.20. The van der Waals surface area contributed by atoms with Gasteiger partial charge in [-0.3, -0.25) is 9.69 Å². The fraction of sp³-hybridized carbons (Fsp3) is 0.333. The monoisotopic (exact) mass is 597 g/mol. The summed E-state index contributed by atoms with van der Waals surface area (Å²) in [6.45, 7) is 8.82. The van der Waals surface area contributed by atoms with Crippen molar-refractivity contribution in [3.8, 4) is 5.82 Å². The molecule has 0 radical (unpaired) electrons. The van der Waals surface area contributed by atoms with Crippen molar-refractivity contribution < 1.29 is 17.9 Å². The van der Waals surface area contributed by atoms with Crippen LogP contribution in [0.15, 0.2) is 57.7 Å². The number of fused-ring (bicyclic) bond motifs is 1. The molecule has 2 amide bonds. The van der Waals surface area contributed by atoms with Gasteiger partial charge in [0.1, 0.15) is 15.9 Å². The van der Waals surface area contributed by atoms with Gasteiger partial charge in [0.25, 0.3) is 15.6 Å². The minimum Gasteiger partial charge on any atom is -0.385 e. The van der Waals surface area contributed by atoms with Crippen LogP contribution >= 0.6 is 11.3 Å². The van der Waals surface area contributed by atoms with Crippen molar-refractivity contribution in [2.75, 3.05) is 50.0 Å². The van der Waals surface area contributed by atoms with Gasteiger partial charge in [-0.1, -0.05) is 0 Å². The molecule has 1 saturated heterocycles. The molecule has 5 rings (SSSR count). The summed E-state index contributed by atoms with van der Waals surface area (Å²) in [5.41, 5.74) is 1.47. The molecule has 1 aliphatic heterocycles. The summed E-state index contributed by atoms with van der Waals surface area (Å²) in [5.74, 6) is 0.773. The van der Waals surface area contributed by atoms with E-state index >= 15 is 0 Å². The first kappa shape index (κ1) is 28.7. The molecule has 41 heavy (non-hydrogen) atoms. The highest BCUT2D eigenvalue weighted by molar-refractivity contribution is 7.92. The van der Waals surface area contributed by atoms with Gasteiger partial charge in [-0.2, -0.15) is 0 Å². The lowest BCUT2D eigenvalue weighted by Crippen LogP contribution is -2.37. The van der Waals surface area contributed by atoms with Crippen LogP contribution in [0.5, 0.6) is 0 Å². The maximum atomic E-state index is 13.4. The minimum atomic E-state index is -3.98. The maximum Gasteiger partial charge on any atom is 0.333 e. The number of hydrogen-bond donors (Lipinski definition) is 3. The van der Waals surface area contributed by atoms with Crippen LogP contribution in [0.1, 0.15) is 17.1 Å². The largest absolute Gasteiger partial charge is 0.385 e. The summed E-state index contributed by atoms with van der Waals surface area (Å²) in [6, 6.07) is 10.8. The number of pyridine rings is 1. The topological polar surface area (TPSA) is 148 Å². The molecule has 0 aliphatic carbocycles. The molecule has 4 aromatic rings. The van der Waals surface area contributed by atoms with Gasteiger partial charge in [0, 0.05) is 30.2 Å². The van der Waals surface area contributed by atoms with Crippen LogP contribution < -0.4 is 20.9 Å². The zero-order valence-electron chi connectivity index (χ0n) is 22.7. The SMILES string of the molecule is Cc1ccc(S(=O)(=O)NC(=O)Nc2ccc(-n3c(C)nc4cc(NCCCN5CCOCC5)ccc4c3=O)nc2)s1. The Labute approximate surface area is 241 Å². The fourth-order valence-corrected chi connectivity index (χ4v) is 6.70. The second-order valence-corrected chi connectivity index (χ2v) is 12.8. The van der Waals surface area contributed by atoms with Gasteiger partial charge in [0.05, 0.1) is 36.0 Å². The molecule has 0 spiro atoms. The Hall–Kier alpha value is -3.85. The number of morpholine rings is 1. The molecule has 12 nitrogen and oxygen atoms in total. The molecule has 0 unspecified atom stereocenters. The molecule has 1 aliphatic rings. The van der Waals surface area contributed by atoms with Gasteiger partial charge >= 0.3 is 6.03 Å². The molecule has 3 N–H and O–H groups in total. The number of sulfonamides is 1. The van der Waals surface area contributed by atoms with Crippen molar-refractivity contribution in [2.24, 2.45) is 0 Å². The molecule has 0 atom stereocenters. The number of aromatic nitrogens is 3. The first-order valence-corrected chi connectivity index (χ1v) is 15.4. The van der Waals surface area contributed by atoms with E-state index in [0.717, 1.165) is 67.7 Å². The Bertz CT molecular complexity index is 1710. The van der Waals surface area contributed by atoms with Crippen LogP contribution in [0, 0.1) is 13.8 Å². The fourth-order valence-electron chi connectivity index (χ4n) is 4.51. The number of urea groups is 1. The van der Waals surface area contributed by atoms with E-state index in [9.17, 15) is 18.0 Å². The lowest BCUT2D eigenvalue weighted by atomic mass is 10.2. The molecule has 0 saturated carbocycles. The molecule has 3 aromatic heterocycles. The predicted molar refractivity (Wildman–Crippen MR) is 159 cm³/mol. The first-order chi connectivity index (χ1) is 19.7. The van der Waals surface area contributed by atoms with Crippen molar-refractivity contribution in [3.63, 3.8) is 0 Å². The molecular formula is C27H31N7O5S2. The number of ether oxygens (including phenoxy) is 1. The number of nitrogens with zero attached hydrogens (tertiary/aromatic N) is 4. The Morgan fingerprint density at radius 3 is 2.56 bits per heavy atom. The molecule has 14 heteroatoms. The van der Waals surface area contributed by atoms with E-state index in [0.29, 0.717) is 22.5 Å². The van der Waals surface area contributed by atoms with E-state index in [1.54, 1.807) is 32.0 Å². The number of anilines is 2. The molecule has 216 valence electrons. The van der Waals surface area contributed by atoms with Crippen molar-refractivity contribution in [1.29, 1.82) is 0 Å². The lowest BCUT2D eigenvalue weighted by molar-refractivity contribution is 0.0378. The average molecular weight is 598 g/mol. The summed E-state index contributed by atoms with van der Waals surface area (Å²) in [4.78, 5) is 37.8. The first-order valence-electron chi connectivity index (χ1n) is 13.1. The summed E-state index contributed by atoms with van der Waals surface area (Å²) in [6.07, 6.45) is 2.34. The number of nitrogens with one attached hydrogen (secondary N) is 3. The second kappa shape index (κ2) is 12.3. The van der Waals surface area contributed by atoms with E-state index in [1.165, 1.54) is 22.9 Å². The average Bonchev–Trinajstić information content (AvgIpc) is 3.39. The molecule has 1 fully saturated rings. The maximum absolute atomic E-state index is 13.4. The van der Waals surface area contributed by atoms with Crippen LogP contribution in [0.3, 0.4) is 0 Å². The predicted octanol–water partition coefficient (Wildman–Crippen LogP) is 3.10. The van der Waals surface area contributed by atoms with Crippen molar-refractivity contribution in [2.45, 2.75) is 24.5 Å². The highest BCUT2D eigenvalue weighted by Crippen LogP contribution is 2.21. The summed E-state index contributed by atoms with van der Waals surface area (Å²) >= 11 is 1.07. The van der Waals surface area contributed by atoms with E-state index < -0.39 is 16.1 Å². The summed E-state index contributed by atoms with van der Waals surface area (Å²) < 4.78 is 33.6. The number of carbonyl (C=O) groups is 1. The van der Waals surface area contributed by atoms with E-state index in [-0.39, 0.29) is 15.5 Å².